The van der Waals surface area contributed by atoms with Crippen LogP contribution in [0.25, 0.3) is 0 Å². The van der Waals surface area contributed by atoms with Gasteiger partial charge in [-0.15, -0.1) is 0 Å². The molecule has 0 spiro atoms. The summed E-state index contributed by atoms with van der Waals surface area (Å²) in [5.41, 5.74) is 2.00. The van der Waals surface area contributed by atoms with Crippen molar-refractivity contribution in [3.63, 3.8) is 0 Å². The Hall–Kier alpha value is -1.39. The zero-order valence-corrected chi connectivity index (χ0v) is 12.1. The molecule has 4 nitrogen and oxygen atoms in total. The Morgan fingerprint density at radius 2 is 2.35 bits per heavy atom. The maximum atomic E-state index is 12.3. The van der Waals surface area contributed by atoms with Crippen LogP contribution >= 0.6 is 0 Å². The number of benzene rings is 1. The molecule has 0 saturated carbocycles. The van der Waals surface area contributed by atoms with Crippen molar-refractivity contribution in [2.75, 3.05) is 18.5 Å². The Kier molecular flexibility index (Phi) is 5.56. The van der Waals surface area contributed by atoms with Gasteiger partial charge in [-0.1, -0.05) is 12.1 Å². The zero-order chi connectivity index (χ0) is 14.4. The minimum atomic E-state index is 0.0462. The lowest BCUT2D eigenvalue weighted by Crippen LogP contribution is -2.44. The standard InChI is InChI=1S/C16H24N2O2/c1-12-15(8-3-9-17-12)16(20)18-14-7-2-5-13(11-14)6-4-10-19/h2,5,7,11-12,15,17,19H,3-4,6,8-10H2,1H3,(H,18,20). The molecule has 2 rings (SSSR count). The summed E-state index contributed by atoms with van der Waals surface area (Å²) in [5, 5.41) is 15.2. The number of piperidine rings is 1. The second kappa shape index (κ2) is 7.41. The van der Waals surface area contributed by atoms with E-state index in [2.05, 4.69) is 17.6 Å². The van der Waals surface area contributed by atoms with Gasteiger partial charge in [0.2, 0.25) is 5.91 Å². The molecule has 1 aromatic rings. The molecule has 2 unspecified atom stereocenters. The molecule has 1 amide bonds. The third-order valence-corrected chi connectivity index (χ3v) is 3.92. The van der Waals surface area contributed by atoms with Gasteiger partial charge in [0.15, 0.2) is 0 Å². The van der Waals surface area contributed by atoms with Crippen molar-refractivity contribution in [1.82, 2.24) is 5.32 Å². The van der Waals surface area contributed by atoms with E-state index in [1.807, 2.05) is 24.3 Å². The van der Waals surface area contributed by atoms with Crippen LogP contribution in [0.5, 0.6) is 0 Å². The molecule has 1 aromatic carbocycles. The van der Waals surface area contributed by atoms with E-state index in [9.17, 15) is 4.79 Å². The zero-order valence-electron chi connectivity index (χ0n) is 12.1. The number of aryl methyl sites for hydroxylation is 1. The average Bonchev–Trinajstić information content (AvgIpc) is 2.46. The number of anilines is 1. The van der Waals surface area contributed by atoms with E-state index in [-0.39, 0.29) is 24.5 Å². The Balaban J connectivity index is 1.96. The third kappa shape index (κ3) is 4.05. The van der Waals surface area contributed by atoms with Crippen molar-refractivity contribution < 1.29 is 9.90 Å². The molecule has 0 aliphatic carbocycles. The predicted octanol–water partition coefficient (Wildman–Crippen LogP) is 1.94. The van der Waals surface area contributed by atoms with Crippen molar-refractivity contribution >= 4 is 11.6 Å². The van der Waals surface area contributed by atoms with Crippen LogP contribution in [-0.4, -0.2) is 30.2 Å². The molecule has 0 bridgehead atoms. The van der Waals surface area contributed by atoms with Crippen LogP contribution in [0, 0.1) is 5.92 Å². The van der Waals surface area contributed by atoms with Gasteiger partial charge in [0.1, 0.15) is 0 Å². The Bertz CT molecular complexity index is 448. The number of carbonyl (C=O) groups excluding carboxylic acids is 1. The number of hydrogen-bond donors (Lipinski definition) is 3. The van der Waals surface area contributed by atoms with E-state index >= 15 is 0 Å². The van der Waals surface area contributed by atoms with Crippen molar-refractivity contribution in [2.45, 2.75) is 38.6 Å². The first-order valence-corrected chi connectivity index (χ1v) is 7.45. The first-order chi connectivity index (χ1) is 9.70. The van der Waals surface area contributed by atoms with Crippen molar-refractivity contribution in [3.8, 4) is 0 Å². The maximum Gasteiger partial charge on any atom is 0.229 e. The normalized spacial score (nSPS) is 22.5. The lowest BCUT2D eigenvalue weighted by molar-refractivity contribution is -0.121. The highest BCUT2D eigenvalue weighted by Gasteiger charge is 2.27. The molecule has 3 N–H and O–H groups in total. The number of aliphatic hydroxyl groups excluding tert-OH is 1. The Morgan fingerprint density at radius 3 is 3.10 bits per heavy atom. The molecule has 1 aliphatic rings. The van der Waals surface area contributed by atoms with Crippen LogP contribution in [0.2, 0.25) is 0 Å². The number of hydrogen-bond acceptors (Lipinski definition) is 3. The van der Waals surface area contributed by atoms with Crippen LogP contribution in [0.4, 0.5) is 5.69 Å². The molecular formula is C16H24N2O2. The number of nitrogens with one attached hydrogen (secondary N) is 2. The lowest BCUT2D eigenvalue weighted by Gasteiger charge is -2.28. The summed E-state index contributed by atoms with van der Waals surface area (Å²) < 4.78 is 0. The van der Waals surface area contributed by atoms with Crippen LogP contribution in [0.3, 0.4) is 0 Å². The van der Waals surface area contributed by atoms with Crippen LogP contribution in [0.15, 0.2) is 24.3 Å². The smallest absolute Gasteiger partial charge is 0.229 e. The fraction of sp³-hybridized carbons (Fsp3) is 0.562. The summed E-state index contributed by atoms with van der Waals surface area (Å²) in [4.78, 5) is 12.3. The molecule has 1 fully saturated rings. The molecule has 20 heavy (non-hydrogen) atoms. The third-order valence-electron chi connectivity index (χ3n) is 3.92. The largest absolute Gasteiger partial charge is 0.396 e. The molecule has 1 aliphatic heterocycles. The number of amides is 1. The first kappa shape index (κ1) is 15.0. The minimum absolute atomic E-state index is 0.0462. The fourth-order valence-electron chi connectivity index (χ4n) is 2.72. The monoisotopic (exact) mass is 276 g/mol. The van der Waals surface area contributed by atoms with Crippen LogP contribution < -0.4 is 10.6 Å². The molecule has 0 aromatic heterocycles. The van der Waals surface area contributed by atoms with Gasteiger partial charge in [-0.2, -0.15) is 0 Å². The molecule has 1 heterocycles. The van der Waals surface area contributed by atoms with Gasteiger partial charge in [0.25, 0.3) is 0 Å². The van der Waals surface area contributed by atoms with Crippen molar-refractivity contribution in [3.05, 3.63) is 29.8 Å². The second-order valence-corrected chi connectivity index (χ2v) is 5.51. The van der Waals surface area contributed by atoms with Gasteiger partial charge in [-0.05, 0) is 56.8 Å². The van der Waals surface area contributed by atoms with Gasteiger partial charge in [-0.3, -0.25) is 4.79 Å². The van der Waals surface area contributed by atoms with Gasteiger partial charge in [0, 0.05) is 18.3 Å². The van der Waals surface area contributed by atoms with Crippen LogP contribution in [-0.2, 0) is 11.2 Å². The van der Waals surface area contributed by atoms with E-state index in [0.29, 0.717) is 0 Å². The minimum Gasteiger partial charge on any atom is -0.396 e. The van der Waals surface area contributed by atoms with E-state index < -0.39 is 0 Å². The highest BCUT2D eigenvalue weighted by Crippen LogP contribution is 2.19. The SMILES string of the molecule is CC1NCCCC1C(=O)Nc1cccc(CCCO)c1. The van der Waals surface area contributed by atoms with Crippen molar-refractivity contribution in [2.24, 2.45) is 5.92 Å². The average molecular weight is 276 g/mol. The quantitative estimate of drug-likeness (QED) is 0.770. The summed E-state index contributed by atoms with van der Waals surface area (Å²) in [6.45, 7) is 3.27. The topological polar surface area (TPSA) is 61.4 Å². The summed E-state index contributed by atoms with van der Waals surface area (Å²) in [5.74, 6) is 0.147. The number of aliphatic hydroxyl groups is 1. The summed E-state index contributed by atoms with van der Waals surface area (Å²) in [6, 6.07) is 8.12. The summed E-state index contributed by atoms with van der Waals surface area (Å²) in [6.07, 6.45) is 3.59. The molecule has 4 heteroatoms. The van der Waals surface area contributed by atoms with Gasteiger partial charge >= 0.3 is 0 Å². The lowest BCUT2D eigenvalue weighted by atomic mass is 9.91. The second-order valence-electron chi connectivity index (χ2n) is 5.51. The predicted molar refractivity (Wildman–Crippen MR) is 80.7 cm³/mol. The Morgan fingerprint density at radius 1 is 1.50 bits per heavy atom. The van der Waals surface area contributed by atoms with Crippen molar-refractivity contribution in [1.29, 1.82) is 0 Å². The van der Waals surface area contributed by atoms with E-state index in [1.165, 1.54) is 0 Å². The molecule has 1 saturated heterocycles. The molecule has 2 atom stereocenters. The maximum absolute atomic E-state index is 12.3. The number of carbonyl (C=O) groups is 1. The van der Waals surface area contributed by atoms with Gasteiger partial charge in [0.05, 0.1) is 5.92 Å². The highest BCUT2D eigenvalue weighted by molar-refractivity contribution is 5.93. The van der Waals surface area contributed by atoms with E-state index in [1.54, 1.807) is 0 Å². The van der Waals surface area contributed by atoms with Crippen LogP contribution in [0.1, 0.15) is 31.7 Å². The number of rotatable bonds is 5. The summed E-state index contributed by atoms with van der Waals surface area (Å²) >= 11 is 0. The van der Waals surface area contributed by atoms with E-state index in [0.717, 1.165) is 43.5 Å². The fourth-order valence-corrected chi connectivity index (χ4v) is 2.72. The first-order valence-electron chi connectivity index (χ1n) is 7.45. The Labute approximate surface area is 120 Å². The molecule has 0 radical (unpaired) electrons. The summed E-state index contributed by atoms with van der Waals surface area (Å²) in [7, 11) is 0. The molecular weight excluding hydrogens is 252 g/mol. The molecule has 110 valence electrons. The highest BCUT2D eigenvalue weighted by atomic mass is 16.2. The van der Waals surface area contributed by atoms with Gasteiger partial charge in [-0.25, -0.2) is 0 Å². The van der Waals surface area contributed by atoms with E-state index in [4.69, 9.17) is 5.11 Å². The van der Waals surface area contributed by atoms with Gasteiger partial charge < -0.3 is 15.7 Å².